The zero-order chi connectivity index (χ0) is 20.6. The zero-order valence-electron chi connectivity index (χ0n) is 16.3. The number of urea groups is 1. The Labute approximate surface area is 169 Å². The summed E-state index contributed by atoms with van der Waals surface area (Å²) < 4.78 is 42.5. The Bertz CT molecular complexity index is 815. The van der Waals surface area contributed by atoms with Gasteiger partial charge in [0.05, 0.1) is 0 Å². The summed E-state index contributed by atoms with van der Waals surface area (Å²) in [6.45, 7) is 3.70. The molecule has 0 aromatic heterocycles. The standard InChI is InChI=1S/C22H26F3N3O/c23-18-9-3-2-8-17(18)16-14-19(24)21(20(25)15-16)27-22(29)26-10-4-7-13-28-11-5-1-6-12-28/h2-3,8-9,14-15H,1,4-7,10-13H2,(H2,26,27,29). The van der Waals surface area contributed by atoms with Crippen molar-refractivity contribution in [2.24, 2.45) is 0 Å². The molecule has 156 valence electrons. The van der Waals surface area contributed by atoms with Crippen molar-refractivity contribution in [2.45, 2.75) is 32.1 Å². The van der Waals surface area contributed by atoms with Crippen LogP contribution in [0.4, 0.5) is 23.7 Å². The van der Waals surface area contributed by atoms with Crippen LogP contribution in [0.1, 0.15) is 32.1 Å². The number of anilines is 1. The first-order valence-corrected chi connectivity index (χ1v) is 10.1. The van der Waals surface area contributed by atoms with Gasteiger partial charge in [0, 0.05) is 12.1 Å². The maximum atomic E-state index is 14.3. The van der Waals surface area contributed by atoms with E-state index in [1.807, 2.05) is 0 Å². The van der Waals surface area contributed by atoms with E-state index in [1.54, 1.807) is 6.07 Å². The van der Waals surface area contributed by atoms with Crippen molar-refractivity contribution in [3.05, 3.63) is 53.8 Å². The van der Waals surface area contributed by atoms with Gasteiger partial charge in [0.1, 0.15) is 23.1 Å². The van der Waals surface area contributed by atoms with Gasteiger partial charge in [-0.05, 0) is 69.1 Å². The lowest BCUT2D eigenvalue weighted by molar-refractivity contribution is 0.224. The van der Waals surface area contributed by atoms with Crippen LogP contribution in [0.5, 0.6) is 0 Å². The number of unbranched alkanes of at least 4 members (excludes halogenated alkanes) is 1. The predicted molar refractivity (Wildman–Crippen MR) is 108 cm³/mol. The number of hydrogen-bond donors (Lipinski definition) is 2. The second kappa shape index (κ2) is 10.3. The van der Waals surface area contributed by atoms with Gasteiger partial charge in [-0.3, -0.25) is 0 Å². The summed E-state index contributed by atoms with van der Waals surface area (Å²) in [7, 11) is 0. The van der Waals surface area contributed by atoms with Crippen LogP contribution in [-0.4, -0.2) is 37.1 Å². The number of carbonyl (C=O) groups excluding carboxylic acids is 1. The Morgan fingerprint density at radius 2 is 1.62 bits per heavy atom. The second-order valence-electron chi connectivity index (χ2n) is 7.29. The minimum atomic E-state index is -0.955. The fraction of sp³-hybridized carbons (Fsp3) is 0.409. The van der Waals surface area contributed by atoms with Gasteiger partial charge in [0.2, 0.25) is 0 Å². The van der Waals surface area contributed by atoms with E-state index in [0.717, 1.165) is 44.6 Å². The van der Waals surface area contributed by atoms with Crippen molar-refractivity contribution in [2.75, 3.05) is 31.5 Å². The molecule has 0 atom stereocenters. The van der Waals surface area contributed by atoms with Crippen LogP contribution < -0.4 is 10.6 Å². The van der Waals surface area contributed by atoms with Crippen LogP contribution in [0.15, 0.2) is 36.4 Å². The zero-order valence-corrected chi connectivity index (χ0v) is 16.3. The highest BCUT2D eigenvalue weighted by Gasteiger charge is 2.16. The highest BCUT2D eigenvalue weighted by atomic mass is 19.1. The van der Waals surface area contributed by atoms with Crippen LogP contribution in [0.25, 0.3) is 11.1 Å². The third kappa shape index (κ3) is 5.97. The molecule has 2 aromatic rings. The Morgan fingerprint density at radius 3 is 2.31 bits per heavy atom. The molecular formula is C22H26F3N3O. The smallest absolute Gasteiger partial charge is 0.319 e. The fourth-order valence-electron chi connectivity index (χ4n) is 3.55. The normalized spacial score (nSPS) is 14.6. The molecule has 0 spiro atoms. The maximum Gasteiger partial charge on any atom is 0.319 e. The number of likely N-dealkylation sites (tertiary alicyclic amines) is 1. The average molecular weight is 405 g/mol. The van der Waals surface area contributed by atoms with Crippen molar-refractivity contribution in [3.63, 3.8) is 0 Å². The molecule has 2 N–H and O–H groups in total. The molecule has 1 saturated heterocycles. The molecule has 3 rings (SSSR count). The molecule has 2 amide bonds. The lowest BCUT2D eigenvalue weighted by atomic mass is 10.0. The van der Waals surface area contributed by atoms with Crippen molar-refractivity contribution in [1.82, 2.24) is 10.2 Å². The van der Waals surface area contributed by atoms with E-state index in [1.165, 1.54) is 37.5 Å². The van der Waals surface area contributed by atoms with Gasteiger partial charge in [-0.25, -0.2) is 18.0 Å². The number of benzene rings is 2. The molecular weight excluding hydrogens is 379 g/mol. The third-order valence-electron chi connectivity index (χ3n) is 5.10. The lowest BCUT2D eigenvalue weighted by Gasteiger charge is -2.26. The quantitative estimate of drug-likeness (QED) is 0.625. The summed E-state index contributed by atoms with van der Waals surface area (Å²) in [4.78, 5) is 14.4. The van der Waals surface area contributed by atoms with Crippen LogP contribution in [-0.2, 0) is 0 Å². The van der Waals surface area contributed by atoms with E-state index in [-0.39, 0.29) is 11.1 Å². The molecule has 1 aliphatic rings. The summed E-state index contributed by atoms with van der Waals surface area (Å²) >= 11 is 0. The van der Waals surface area contributed by atoms with E-state index in [9.17, 15) is 18.0 Å². The molecule has 0 radical (unpaired) electrons. The van der Waals surface area contributed by atoms with Gasteiger partial charge in [0.15, 0.2) is 0 Å². The molecule has 0 aliphatic carbocycles. The Balaban J connectivity index is 1.49. The van der Waals surface area contributed by atoms with Crippen molar-refractivity contribution in [1.29, 1.82) is 0 Å². The maximum absolute atomic E-state index is 14.3. The second-order valence-corrected chi connectivity index (χ2v) is 7.29. The van der Waals surface area contributed by atoms with Gasteiger partial charge in [0.25, 0.3) is 0 Å². The molecule has 1 fully saturated rings. The number of piperidine rings is 1. The molecule has 1 heterocycles. The highest BCUT2D eigenvalue weighted by Crippen LogP contribution is 2.29. The largest absolute Gasteiger partial charge is 0.338 e. The monoisotopic (exact) mass is 405 g/mol. The molecule has 29 heavy (non-hydrogen) atoms. The molecule has 1 aliphatic heterocycles. The van der Waals surface area contributed by atoms with E-state index in [0.29, 0.717) is 6.54 Å². The van der Waals surface area contributed by atoms with Gasteiger partial charge >= 0.3 is 6.03 Å². The Morgan fingerprint density at radius 1 is 0.931 bits per heavy atom. The van der Waals surface area contributed by atoms with Crippen LogP contribution in [0.3, 0.4) is 0 Å². The Hall–Kier alpha value is -2.54. The lowest BCUT2D eigenvalue weighted by Crippen LogP contribution is -2.32. The van der Waals surface area contributed by atoms with Crippen molar-refractivity contribution < 1.29 is 18.0 Å². The van der Waals surface area contributed by atoms with Crippen LogP contribution in [0.2, 0.25) is 0 Å². The van der Waals surface area contributed by atoms with Crippen molar-refractivity contribution in [3.8, 4) is 11.1 Å². The first-order chi connectivity index (χ1) is 14.0. The summed E-state index contributed by atoms with van der Waals surface area (Å²) in [5, 5.41) is 4.82. The van der Waals surface area contributed by atoms with Gasteiger partial charge in [-0.1, -0.05) is 24.6 Å². The van der Waals surface area contributed by atoms with E-state index >= 15 is 0 Å². The summed E-state index contributed by atoms with van der Waals surface area (Å²) in [5.41, 5.74) is -0.382. The minimum absolute atomic E-state index is 0.0711. The topological polar surface area (TPSA) is 44.4 Å². The van der Waals surface area contributed by atoms with Gasteiger partial charge < -0.3 is 15.5 Å². The van der Waals surface area contributed by atoms with E-state index in [2.05, 4.69) is 15.5 Å². The SMILES string of the molecule is O=C(NCCCCN1CCCCC1)Nc1c(F)cc(-c2ccccc2F)cc1F. The van der Waals surface area contributed by atoms with Crippen LogP contribution in [0, 0.1) is 17.5 Å². The summed E-state index contributed by atoms with van der Waals surface area (Å²) in [6.07, 6.45) is 5.54. The molecule has 7 heteroatoms. The fourth-order valence-corrected chi connectivity index (χ4v) is 3.55. The predicted octanol–water partition coefficient (Wildman–Crippen LogP) is 5.16. The van der Waals surface area contributed by atoms with E-state index < -0.39 is 29.2 Å². The van der Waals surface area contributed by atoms with Gasteiger partial charge in [-0.2, -0.15) is 0 Å². The third-order valence-corrected chi connectivity index (χ3v) is 5.10. The van der Waals surface area contributed by atoms with E-state index in [4.69, 9.17) is 0 Å². The van der Waals surface area contributed by atoms with Crippen LogP contribution >= 0.6 is 0 Å². The number of halogens is 3. The number of nitrogens with one attached hydrogen (secondary N) is 2. The first kappa shape index (κ1) is 21.2. The molecule has 0 unspecified atom stereocenters. The van der Waals surface area contributed by atoms with Crippen molar-refractivity contribution >= 4 is 11.7 Å². The summed E-state index contributed by atoms with van der Waals surface area (Å²) in [5.74, 6) is -2.48. The number of rotatable bonds is 7. The highest BCUT2D eigenvalue weighted by molar-refractivity contribution is 5.90. The number of amides is 2. The average Bonchev–Trinajstić information content (AvgIpc) is 2.71. The van der Waals surface area contributed by atoms with Gasteiger partial charge in [-0.15, -0.1) is 0 Å². The molecule has 2 aromatic carbocycles. The molecule has 0 saturated carbocycles. The minimum Gasteiger partial charge on any atom is -0.338 e. The first-order valence-electron chi connectivity index (χ1n) is 10.1. The molecule has 0 bridgehead atoms. The number of carbonyl (C=O) groups is 1. The number of nitrogens with zero attached hydrogens (tertiary/aromatic N) is 1. The Kier molecular flexibility index (Phi) is 7.52. The molecule has 4 nitrogen and oxygen atoms in total. The number of hydrogen-bond acceptors (Lipinski definition) is 2. The summed E-state index contributed by atoms with van der Waals surface area (Å²) in [6, 6.07) is 7.09.